The van der Waals surface area contributed by atoms with Crippen molar-refractivity contribution in [3.63, 3.8) is 0 Å². The van der Waals surface area contributed by atoms with Gasteiger partial charge in [-0.1, -0.05) is 12.1 Å². The number of hydrogen-bond donors (Lipinski definition) is 1. The summed E-state index contributed by atoms with van der Waals surface area (Å²) in [5, 5.41) is 3.44. The summed E-state index contributed by atoms with van der Waals surface area (Å²) in [6, 6.07) is 8.46. The number of nitrogens with one attached hydrogen (secondary N) is 1. The summed E-state index contributed by atoms with van der Waals surface area (Å²) < 4.78 is 10.9. The standard InChI is InChI=1S/C12H17NO2/c1-2-15-12-6-4-3-5-11(12)13-10-7-8-14-9-10/h3-6,10,13H,2,7-9H2,1H3. The largest absolute Gasteiger partial charge is 0.492 e. The van der Waals surface area contributed by atoms with Gasteiger partial charge in [0.1, 0.15) is 5.75 Å². The third kappa shape index (κ3) is 2.63. The fourth-order valence-corrected chi connectivity index (χ4v) is 1.74. The van der Waals surface area contributed by atoms with Crippen molar-refractivity contribution < 1.29 is 9.47 Å². The molecule has 0 saturated carbocycles. The van der Waals surface area contributed by atoms with Crippen LogP contribution in [-0.2, 0) is 4.74 Å². The summed E-state index contributed by atoms with van der Waals surface area (Å²) in [6.45, 7) is 4.34. The van der Waals surface area contributed by atoms with Crippen molar-refractivity contribution in [2.75, 3.05) is 25.1 Å². The monoisotopic (exact) mass is 207 g/mol. The van der Waals surface area contributed by atoms with Crippen molar-refractivity contribution >= 4 is 5.69 Å². The topological polar surface area (TPSA) is 30.5 Å². The van der Waals surface area contributed by atoms with Crippen LogP contribution in [-0.4, -0.2) is 25.9 Å². The lowest BCUT2D eigenvalue weighted by Gasteiger charge is -2.15. The van der Waals surface area contributed by atoms with Gasteiger partial charge in [0.2, 0.25) is 0 Å². The first kappa shape index (κ1) is 10.3. The highest BCUT2D eigenvalue weighted by atomic mass is 16.5. The van der Waals surface area contributed by atoms with E-state index in [2.05, 4.69) is 5.32 Å². The first-order valence-electron chi connectivity index (χ1n) is 5.46. The molecule has 0 amide bonds. The van der Waals surface area contributed by atoms with Gasteiger partial charge in [0.25, 0.3) is 0 Å². The molecule has 1 saturated heterocycles. The van der Waals surface area contributed by atoms with Gasteiger partial charge in [0.05, 0.1) is 24.9 Å². The highest BCUT2D eigenvalue weighted by Crippen LogP contribution is 2.25. The summed E-state index contributed by atoms with van der Waals surface area (Å²) in [6.07, 6.45) is 1.07. The SMILES string of the molecule is CCOc1ccccc1NC1CCOC1. The summed E-state index contributed by atoms with van der Waals surface area (Å²) in [7, 11) is 0. The Hall–Kier alpha value is -1.22. The van der Waals surface area contributed by atoms with Crippen molar-refractivity contribution in [1.29, 1.82) is 0 Å². The number of para-hydroxylation sites is 2. The van der Waals surface area contributed by atoms with E-state index in [1.54, 1.807) is 0 Å². The smallest absolute Gasteiger partial charge is 0.142 e. The van der Waals surface area contributed by atoms with Crippen LogP contribution in [0.1, 0.15) is 13.3 Å². The summed E-state index contributed by atoms with van der Waals surface area (Å²) in [5.74, 6) is 0.923. The third-order valence-electron chi connectivity index (χ3n) is 2.48. The molecular weight excluding hydrogens is 190 g/mol. The number of rotatable bonds is 4. The van der Waals surface area contributed by atoms with Gasteiger partial charge in [-0.15, -0.1) is 0 Å². The Labute approximate surface area is 90.4 Å². The summed E-state index contributed by atoms with van der Waals surface area (Å²) in [5.41, 5.74) is 1.06. The minimum Gasteiger partial charge on any atom is -0.492 e. The molecule has 1 atom stereocenters. The minimum atomic E-state index is 0.423. The molecule has 1 heterocycles. The van der Waals surface area contributed by atoms with Crippen LogP contribution in [0.4, 0.5) is 5.69 Å². The molecule has 1 fully saturated rings. The van der Waals surface area contributed by atoms with Gasteiger partial charge in [-0.2, -0.15) is 0 Å². The van der Waals surface area contributed by atoms with Gasteiger partial charge >= 0.3 is 0 Å². The second kappa shape index (κ2) is 5.03. The molecule has 0 bridgehead atoms. The average Bonchev–Trinajstić information content (AvgIpc) is 2.74. The minimum absolute atomic E-state index is 0.423. The van der Waals surface area contributed by atoms with Gasteiger partial charge in [-0.05, 0) is 25.5 Å². The van der Waals surface area contributed by atoms with Crippen LogP contribution in [0.2, 0.25) is 0 Å². The zero-order valence-corrected chi connectivity index (χ0v) is 9.03. The van der Waals surface area contributed by atoms with E-state index in [9.17, 15) is 0 Å². The number of hydrogen-bond acceptors (Lipinski definition) is 3. The quantitative estimate of drug-likeness (QED) is 0.821. The number of ether oxygens (including phenoxy) is 2. The third-order valence-corrected chi connectivity index (χ3v) is 2.48. The van der Waals surface area contributed by atoms with E-state index in [4.69, 9.17) is 9.47 Å². The molecule has 0 aliphatic carbocycles. The Bertz CT molecular complexity index is 308. The molecule has 3 heteroatoms. The first-order valence-corrected chi connectivity index (χ1v) is 5.46. The lowest BCUT2D eigenvalue weighted by Crippen LogP contribution is -2.19. The molecule has 1 aromatic rings. The Morgan fingerprint density at radius 3 is 3.07 bits per heavy atom. The molecule has 1 N–H and O–H groups in total. The van der Waals surface area contributed by atoms with Crippen LogP contribution < -0.4 is 10.1 Å². The molecule has 1 aliphatic rings. The molecule has 3 nitrogen and oxygen atoms in total. The number of anilines is 1. The lowest BCUT2D eigenvalue weighted by atomic mass is 10.2. The van der Waals surface area contributed by atoms with E-state index in [-0.39, 0.29) is 0 Å². The fourth-order valence-electron chi connectivity index (χ4n) is 1.74. The highest BCUT2D eigenvalue weighted by molar-refractivity contribution is 5.56. The van der Waals surface area contributed by atoms with E-state index < -0.39 is 0 Å². The molecular formula is C12H17NO2. The Morgan fingerprint density at radius 2 is 2.33 bits per heavy atom. The normalized spacial score (nSPS) is 20.2. The Balaban J connectivity index is 2.05. The molecule has 1 aliphatic heterocycles. The van der Waals surface area contributed by atoms with Crippen LogP contribution in [0.5, 0.6) is 5.75 Å². The maximum absolute atomic E-state index is 5.54. The molecule has 1 unspecified atom stereocenters. The van der Waals surface area contributed by atoms with Crippen LogP contribution in [0.15, 0.2) is 24.3 Å². The van der Waals surface area contributed by atoms with Gasteiger partial charge in [0, 0.05) is 6.61 Å². The number of benzene rings is 1. The Kier molecular flexibility index (Phi) is 3.45. The van der Waals surface area contributed by atoms with E-state index >= 15 is 0 Å². The molecule has 82 valence electrons. The van der Waals surface area contributed by atoms with E-state index in [0.717, 1.165) is 31.1 Å². The van der Waals surface area contributed by atoms with Crippen LogP contribution >= 0.6 is 0 Å². The maximum Gasteiger partial charge on any atom is 0.142 e. The van der Waals surface area contributed by atoms with E-state index in [0.29, 0.717) is 12.6 Å². The van der Waals surface area contributed by atoms with Gasteiger partial charge in [-0.3, -0.25) is 0 Å². The predicted molar refractivity (Wildman–Crippen MR) is 60.5 cm³/mol. The molecule has 1 aromatic carbocycles. The fraction of sp³-hybridized carbons (Fsp3) is 0.500. The maximum atomic E-state index is 5.54. The summed E-state index contributed by atoms with van der Waals surface area (Å²) >= 11 is 0. The van der Waals surface area contributed by atoms with Gasteiger partial charge in [0.15, 0.2) is 0 Å². The predicted octanol–water partition coefficient (Wildman–Crippen LogP) is 2.29. The van der Waals surface area contributed by atoms with Crippen molar-refractivity contribution in [2.45, 2.75) is 19.4 Å². The molecule has 0 spiro atoms. The molecule has 15 heavy (non-hydrogen) atoms. The molecule has 0 aromatic heterocycles. The molecule has 0 radical (unpaired) electrons. The second-order valence-electron chi connectivity index (χ2n) is 3.63. The van der Waals surface area contributed by atoms with Crippen molar-refractivity contribution in [1.82, 2.24) is 0 Å². The van der Waals surface area contributed by atoms with Crippen LogP contribution in [0.3, 0.4) is 0 Å². The van der Waals surface area contributed by atoms with E-state index in [1.165, 1.54) is 0 Å². The zero-order chi connectivity index (χ0) is 10.5. The molecule has 2 rings (SSSR count). The first-order chi connectivity index (χ1) is 7.40. The van der Waals surface area contributed by atoms with Crippen LogP contribution in [0.25, 0.3) is 0 Å². The van der Waals surface area contributed by atoms with Crippen LogP contribution in [0, 0.1) is 0 Å². The van der Waals surface area contributed by atoms with Crippen molar-refractivity contribution in [3.8, 4) is 5.75 Å². The highest BCUT2D eigenvalue weighted by Gasteiger charge is 2.16. The van der Waals surface area contributed by atoms with Crippen molar-refractivity contribution in [2.24, 2.45) is 0 Å². The van der Waals surface area contributed by atoms with Crippen molar-refractivity contribution in [3.05, 3.63) is 24.3 Å². The van der Waals surface area contributed by atoms with Gasteiger partial charge < -0.3 is 14.8 Å². The van der Waals surface area contributed by atoms with E-state index in [1.807, 2.05) is 31.2 Å². The summed E-state index contributed by atoms with van der Waals surface area (Å²) in [4.78, 5) is 0. The average molecular weight is 207 g/mol. The second-order valence-corrected chi connectivity index (χ2v) is 3.63. The zero-order valence-electron chi connectivity index (χ0n) is 9.03. The lowest BCUT2D eigenvalue weighted by molar-refractivity contribution is 0.195. The van der Waals surface area contributed by atoms with Gasteiger partial charge in [-0.25, -0.2) is 0 Å². The Morgan fingerprint density at radius 1 is 1.47 bits per heavy atom.